The lowest BCUT2D eigenvalue weighted by molar-refractivity contribution is -0.354. The Labute approximate surface area is 513 Å². The van der Waals surface area contributed by atoms with Crippen LogP contribution in [0.3, 0.4) is 0 Å². The standard InChI is InChI=1S/C14H20F6.C10H21F.C10H22.C9H20.2C7H16.C6H13F.C6H14.C5H12/c1-10-2-4-11(5-3-10)6-8-12(9-7-11,13(15,16)17)14(18,19)20;1-7(2)9(8(3)4)10(5,6)11;1-7-10(6,8-2)9(3,4)5;1-6-8(7-2)9(3,4)5;1-6(2)7(3,4)5;1-5-6-7(2,3)4;1-4-6(3,7)5-2;1-5-6(2,3)4;1-5(2,3)4/h10H,2-9H2,1H3;7-9H,1-6H3;7-8H2,1-6H3;8H,6-7H2,1-5H3;6H,1-5H3;5-6H2,1-4H3;4-5H2,1-3H3;5H2,1-4H3;1-4H3. The molecule has 2 aliphatic carbocycles. The van der Waals surface area contributed by atoms with Crippen LogP contribution >= 0.6 is 0 Å². The molecule has 0 aromatic rings. The zero-order valence-electron chi connectivity index (χ0n) is 63.0. The highest BCUT2D eigenvalue weighted by atomic mass is 19.4. The Morgan fingerprint density at radius 3 is 0.793 bits per heavy atom. The molecule has 0 N–H and O–H groups in total. The molecular weight excluding hydrogens is 1040 g/mol. The van der Waals surface area contributed by atoms with E-state index in [-0.39, 0.29) is 24.2 Å². The zero-order valence-corrected chi connectivity index (χ0v) is 63.0. The second-order valence-corrected chi connectivity index (χ2v) is 34.6. The average Bonchev–Trinajstić information content (AvgIpc) is 3.25. The first-order valence-corrected chi connectivity index (χ1v) is 33.4. The molecule has 0 saturated heterocycles. The van der Waals surface area contributed by atoms with E-state index in [2.05, 4.69) is 228 Å². The van der Waals surface area contributed by atoms with Crippen LogP contribution in [-0.2, 0) is 0 Å². The fraction of sp³-hybridized carbons (Fsp3) is 1.00. The number of hydrogen-bond acceptors (Lipinski definition) is 0. The van der Waals surface area contributed by atoms with Gasteiger partial charge in [-0.05, 0) is 157 Å². The van der Waals surface area contributed by atoms with Gasteiger partial charge in [0.15, 0.2) is 5.41 Å². The molecular formula is C74H154F8. The van der Waals surface area contributed by atoms with E-state index in [4.69, 9.17) is 0 Å². The monoisotopic (exact) mass is 1200 g/mol. The van der Waals surface area contributed by atoms with Gasteiger partial charge in [-0.1, -0.05) is 294 Å². The highest BCUT2D eigenvalue weighted by molar-refractivity contribution is 5.01. The van der Waals surface area contributed by atoms with Crippen LogP contribution in [0.25, 0.3) is 0 Å². The van der Waals surface area contributed by atoms with Crippen molar-refractivity contribution in [2.45, 2.75) is 396 Å². The molecule has 0 aromatic carbocycles. The van der Waals surface area contributed by atoms with Crippen molar-refractivity contribution in [1.82, 2.24) is 0 Å². The van der Waals surface area contributed by atoms with Gasteiger partial charge < -0.3 is 0 Å². The summed E-state index contributed by atoms with van der Waals surface area (Å²) in [6.45, 7) is 82.7. The molecule has 0 aliphatic heterocycles. The third-order valence-electron chi connectivity index (χ3n) is 18.7. The molecule has 2 saturated carbocycles. The Morgan fingerprint density at radius 2 is 0.707 bits per heavy atom. The Balaban J connectivity index is -0.000000161. The first-order chi connectivity index (χ1) is 35.9. The van der Waals surface area contributed by atoms with E-state index < -0.39 is 41.9 Å². The van der Waals surface area contributed by atoms with E-state index in [1.165, 1.54) is 44.9 Å². The van der Waals surface area contributed by atoms with Crippen LogP contribution in [-0.4, -0.2) is 23.7 Å². The third-order valence-corrected chi connectivity index (χ3v) is 18.7. The normalized spacial score (nSPS) is 16.4. The Morgan fingerprint density at radius 1 is 0.415 bits per heavy atom. The van der Waals surface area contributed by atoms with Gasteiger partial charge in [0.05, 0.1) is 0 Å². The maximum atomic E-state index is 13.6. The molecule has 8 heteroatoms. The largest absolute Gasteiger partial charge is 0.403 e. The summed E-state index contributed by atoms with van der Waals surface area (Å²) < 4.78 is 104. The molecule has 2 rings (SSSR count). The fourth-order valence-corrected chi connectivity index (χ4v) is 9.99. The minimum Gasteiger partial charge on any atom is -0.244 e. The van der Waals surface area contributed by atoms with Crippen molar-refractivity contribution in [3.8, 4) is 0 Å². The van der Waals surface area contributed by atoms with Crippen LogP contribution in [0.15, 0.2) is 0 Å². The van der Waals surface area contributed by atoms with Gasteiger partial charge in [-0.3, -0.25) is 0 Å². The Bertz CT molecular complexity index is 1410. The minimum absolute atomic E-state index is 0.0543. The van der Waals surface area contributed by atoms with E-state index in [0.717, 1.165) is 37.5 Å². The van der Waals surface area contributed by atoms with Crippen molar-refractivity contribution in [3.63, 3.8) is 0 Å². The summed E-state index contributed by atoms with van der Waals surface area (Å²) in [5, 5.41) is 0. The number of rotatable bonds is 10. The molecule has 1 spiro atoms. The van der Waals surface area contributed by atoms with E-state index >= 15 is 0 Å². The van der Waals surface area contributed by atoms with Crippen molar-refractivity contribution < 1.29 is 35.1 Å². The van der Waals surface area contributed by atoms with Crippen LogP contribution in [0.5, 0.6) is 0 Å². The molecule has 506 valence electrons. The molecule has 2 fully saturated rings. The van der Waals surface area contributed by atoms with Gasteiger partial charge in [0, 0.05) is 0 Å². The highest BCUT2D eigenvalue weighted by Gasteiger charge is 2.71. The van der Waals surface area contributed by atoms with E-state index in [9.17, 15) is 35.1 Å². The summed E-state index contributed by atoms with van der Waals surface area (Å²) in [4.78, 5) is 0. The molecule has 0 nitrogen and oxygen atoms in total. The van der Waals surface area contributed by atoms with Gasteiger partial charge in [0.1, 0.15) is 11.3 Å². The van der Waals surface area contributed by atoms with Gasteiger partial charge in [-0.25, -0.2) is 8.78 Å². The summed E-state index contributed by atoms with van der Waals surface area (Å²) >= 11 is 0. The molecule has 0 atom stereocenters. The maximum Gasteiger partial charge on any atom is 0.403 e. The quantitative estimate of drug-likeness (QED) is 0.191. The first-order valence-electron chi connectivity index (χ1n) is 33.4. The van der Waals surface area contributed by atoms with Crippen LogP contribution in [0.4, 0.5) is 35.1 Å². The van der Waals surface area contributed by atoms with Gasteiger partial charge >= 0.3 is 12.4 Å². The van der Waals surface area contributed by atoms with Crippen molar-refractivity contribution >= 4 is 0 Å². The van der Waals surface area contributed by atoms with Crippen molar-refractivity contribution in [2.24, 2.45) is 84.2 Å². The van der Waals surface area contributed by atoms with Gasteiger partial charge in [-0.15, -0.1) is 0 Å². The van der Waals surface area contributed by atoms with Crippen molar-refractivity contribution in [3.05, 3.63) is 0 Å². The van der Waals surface area contributed by atoms with Crippen molar-refractivity contribution in [1.29, 1.82) is 0 Å². The minimum atomic E-state index is -5.20. The summed E-state index contributed by atoms with van der Waals surface area (Å²) in [5.41, 5.74) is -2.12. The molecule has 2 aliphatic rings. The summed E-state index contributed by atoms with van der Waals surface area (Å²) in [7, 11) is 0. The number of hydrogen-bond donors (Lipinski definition) is 0. The van der Waals surface area contributed by atoms with Crippen LogP contribution in [0.1, 0.15) is 372 Å². The van der Waals surface area contributed by atoms with Crippen LogP contribution in [0, 0.1) is 84.2 Å². The summed E-state index contributed by atoms with van der Waals surface area (Å²) in [6.07, 6.45) is 1.90. The predicted octanol–water partition coefficient (Wildman–Crippen LogP) is 29.4. The van der Waals surface area contributed by atoms with Gasteiger partial charge in [0.25, 0.3) is 0 Å². The van der Waals surface area contributed by atoms with E-state index in [1.807, 2.05) is 13.8 Å². The second-order valence-electron chi connectivity index (χ2n) is 34.6. The number of alkyl halides is 8. The fourth-order valence-electron chi connectivity index (χ4n) is 9.99. The lowest BCUT2D eigenvalue weighted by Crippen LogP contribution is -2.53. The SMILES string of the molecule is CC(C)(C)C.CC(C)C(C(C)C)C(C)(C)F.CC(C)C(C)(C)C.CC1CCC2(CC1)CCC(C(F)(F)F)(C(F)(F)F)CC2.CCC(C)(C)C.CCC(C)(CC)C(C)(C)C.CCC(C)(F)CC.CCC(CC)C(C)(C)C.CCCC(C)(C)C. The molecule has 0 bridgehead atoms. The molecule has 0 aromatic heterocycles. The highest BCUT2D eigenvalue weighted by Crippen LogP contribution is 2.63. The molecule has 0 unspecified atom stereocenters. The van der Waals surface area contributed by atoms with Crippen LogP contribution in [0.2, 0.25) is 0 Å². The topological polar surface area (TPSA) is 0 Å². The summed E-state index contributed by atoms with van der Waals surface area (Å²) in [6, 6.07) is 0. The smallest absolute Gasteiger partial charge is 0.244 e. The maximum absolute atomic E-state index is 13.6. The van der Waals surface area contributed by atoms with E-state index in [0.29, 0.717) is 68.5 Å². The first kappa shape index (κ1) is 95.1. The lowest BCUT2D eigenvalue weighted by atomic mass is 9.57. The molecule has 0 amide bonds. The Hall–Kier alpha value is -0.560. The number of halogens is 8. The van der Waals surface area contributed by atoms with Gasteiger partial charge in [0.2, 0.25) is 0 Å². The summed E-state index contributed by atoms with van der Waals surface area (Å²) in [5.74, 6) is 3.26. The zero-order chi connectivity index (χ0) is 68.0. The van der Waals surface area contributed by atoms with Crippen molar-refractivity contribution in [2.75, 3.05) is 0 Å². The Kier molecular flexibility index (Phi) is 46.6. The molecule has 0 heterocycles. The second kappa shape index (κ2) is 40.2. The molecule has 0 radical (unpaired) electrons. The molecule has 82 heavy (non-hydrogen) atoms. The average molecular weight is 1200 g/mol. The lowest BCUT2D eigenvalue weighted by Gasteiger charge is -2.49. The predicted molar refractivity (Wildman–Crippen MR) is 357 cm³/mol. The van der Waals surface area contributed by atoms with Crippen LogP contribution < -0.4 is 0 Å². The van der Waals surface area contributed by atoms with Gasteiger partial charge in [-0.2, -0.15) is 26.3 Å². The third kappa shape index (κ3) is 47.5. The van der Waals surface area contributed by atoms with E-state index in [1.54, 1.807) is 20.8 Å².